The number of aliphatic imine (C=N–C) groups is 1. The fourth-order valence-corrected chi connectivity index (χ4v) is 6.89. The van der Waals surface area contributed by atoms with Crippen molar-refractivity contribution in [3.63, 3.8) is 0 Å². The van der Waals surface area contributed by atoms with Crippen molar-refractivity contribution in [3.05, 3.63) is 12.2 Å². The summed E-state index contributed by atoms with van der Waals surface area (Å²) in [4.78, 5) is 4.58. The molecule has 1 N–H and O–H groups in total. The number of rotatable bonds is 34. The zero-order valence-electron chi connectivity index (χ0n) is 29.7. The second kappa shape index (κ2) is 31.3. The van der Waals surface area contributed by atoms with E-state index in [-0.39, 0.29) is 6.10 Å². The van der Waals surface area contributed by atoms with Crippen LogP contribution < -0.4 is 0 Å². The number of unbranched alkanes of at least 4 members (excludes halogenated alkanes) is 27. The van der Waals surface area contributed by atoms with Gasteiger partial charge < -0.3 is 5.11 Å². The Morgan fingerprint density at radius 3 is 1.35 bits per heavy atom. The monoisotopic (exact) mass is 604 g/mol. The van der Waals surface area contributed by atoms with E-state index < -0.39 is 0 Å². The Bertz CT molecular complexity index is 618. The first-order valence-electron chi connectivity index (χ1n) is 19.9. The number of allylic oxidation sites excluding steroid dienone is 1. The highest BCUT2D eigenvalue weighted by molar-refractivity contribution is 5.48. The molecule has 254 valence electrons. The molecule has 2 atom stereocenters. The lowest BCUT2D eigenvalue weighted by Crippen LogP contribution is -2.50. The van der Waals surface area contributed by atoms with Gasteiger partial charge in [0.2, 0.25) is 0 Å². The summed E-state index contributed by atoms with van der Waals surface area (Å²) in [5.41, 5.74) is 0. The fourth-order valence-electron chi connectivity index (χ4n) is 6.89. The number of hydrogen-bond acceptors (Lipinski definition) is 2. The minimum Gasteiger partial charge on any atom is -0.387 e. The summed E-state index contributed by atoms with van der Waals surface area (Å²) >= 11 is 0. The standard InChI is InChI=1S/C40H79N2O/c1-3-5-7-9-11-13-15-17-19-21-23-25-27-29-31-33-36-42(37-35-41-39-42)38-40(43)34-32-30-28-26-24-22-20-18-16-14-12-10-8-6-4-2/h30,32,39-40,43H,3-29,31,33-38H2,1-2H3/q+1. The quantitative estimate of drug-likeness (QED) is 0.0443. The Morgan fingerprint density at radius 2 is 0.953 bits per heavy atom. The van der Waals surface area contributed by atoms with Crippen LogP contribution in [0.3, 0.4) is 0 Å². The molecule has 43 heavy (non-hydrogen) atoms. The van der Waals surface area contributed by atoms with Crippen molar-refractivity contribution >= 4 is 6.34 Å². The molecule has 0 aromatic heterocycles. The maximum atomic E-state index is 10.8. The summed E-state index contributed by atoms with van der Waals surface area (Å²) in [5, 5.41) is 10.8. The summed E-state index contributed by atoms with van der Waals surface area (Å²) in [6.45, 7) is 8.60. The maximum absolute atomic E-state index is 10.8. The van der Waals surface area contributed by atoms with Gasteiger partial charge in [0.1, 0.15) is 19.2 Å². The van der Waals surface area contributed by atoms with Crippen LogP contribution in [0.15, 0.2) is 17.1 Å². The molecule has 1 aliphatic heterocycles. The van der Waals surface area contributed by atoms with Gasteiger partial charge in [-0.2, -0.15) is 0 Å². The van der Waals surface area contributed by atoms with Gasteiger partial charge in [0.25, 0.3) is 0 Å². The molecule has 0 saturated carbocycles. The van der Waals surface area contributed by atoms with Crippen molar-refractivity contribution in [2.75, 3.05) is 26.2 Å². The van der Waals surface area contributed by atoms with Crippen LogP contribution in [0.25, 0.3) is 0 Å². The molecule has 1 aliphatic rings. The highest BCUT2D eigenvalue weighted by Crippen LogP contribution is 2.18. The Kier molecular flexibility index (Phi) is 29.4. The number of aliphatic hydroxyl groups is 1. The first-order valence-corrected chi connectivity index (χ1v) is 19.9. The zero-order chi connectivity index (χ0) is 30.9. The summed E-state index contributed by atoms with van der Waals surface area (Å²) < 4.78 is 0.909. The van der Waals surface area contributed by atoms with Gasteiger partial charge in [-0.3, -0.25) is 4.48 Å². The molecule has 0 aromatic rings. The van der Waals surface area contributed by atoms with E-state index in [0.717, 1.165) is 37.1 Å². The van der Waals surface area contributed by atoms with Crippen molar-refractivity contribution in [3.8, 4) is 0 Å². The lowest BCUT2D eigenvalue weighted by Gasteiger charge is -2.32. The van der Waals surface area contributed by atoms with Crippen LogP contribution in [0.5, 0.6) is 0 Å². The van der Waals surface area contributed by atoms with E-state index in [4.69, 9.17) is 0 Å². The van der Waals surface area contributed by atoms with Crippen molar-refractivity contribution in [1.82, 2.24) is 0 Å². The van der Waals surface area contributed by atoms with Crippen molar-refractivity contribution in [1.29, 1.82) is 0 Å². The van der Waals surface area contributed by atoms with E-state index >= 15 is 0 Å². The van der Waals surface area contributed by atoms with Crippen LogP contribution in [0.2, 0.25) is 0 Å². The van der Waals surface area contributed by atoms with Crippen molar-refractivity contribution in [2.45, 2.75) is 213 Å². The maximum Gasteiger partial charge on any atom is 0.185 e. The van der Waals surface area contributed by atoms with Crippen LogP contribution in [0, 0.1) is 0 Å². The SMILES string of the molecule is CCCCCCCCCCCCCCC=CCC(O)C[N+]1(CCCCCCCCCCCCCCCCCC)C=NCC1. The number of nitrogens with zero attached hydrogens (tertiary/aromatic N) is 2. The highest BCUT2D eigenvalue weighted by Gasteiger charge is 2.31. The summed E-state index contributed by atoms with van der Waals surface area (Å²) in [5.74, 6) is 0. The minimum absolute atomic E-state index is 0.246. The summed E-state index contributed by atoms with van der Waals surface area (Å²) in [6.07, 6.45) is 48.0. The third-order valence-corrected chi connectivity index (χ3v) is 9.83. The van der Waals surface area contributed by atoms with Crippen LogP contribution in [0.4, 0.5) is 0 Å². The van der Waals surface area contributed by atoms with E-state index in [9.17, 15) is 5.11 Å². The van der Waals surface area contributed by atoms with Gasteiger partial charge in [-0.05, 0) is 32.1 Å². The second-order valence-corrected chi connectivity index (χ2v) is 14.2. The van der Waals surface area contributed by atoms with Gasteiger partial charge >= 0.3 is 0 Å². The molecule has 0 radical (unpaired) electrons. The molecule has 3 heteroatoms. The Balaban J connectivity index is 1.95. The Morgan fingerprint density at radius 1 is 0.558 bits per heavy atom. The van der Waals surface area contributed by atoms with Gasteiger partial charge in [-0.25, -0.2) is 4.99 Å². The number of quaternary nitrogens is 1. The van der Waals surface area contributed by atoms with Gasteiger partial charge in [0.15, 0.2) is 6.34 Å². The largest absolute Gasteiger partial charge is 0.387 e. The molecule has 0 fully saturated rings. The molecule has 3 nitrogen and oxygen atoms in total. The van der Waals surface area contributed by atoms with E-state index in [1.165, 1.54) is 186 Å². The highest BCUT2D eigenvalue weighted by atomic mass is 16.3. The zero-order valence-corrected chi connectivity index (χ0v) is 29.7. The van der Waals surface area contributed by atoms with E-state index in [1.807, 2.05) is 0 Å². The first-order chi connectivity index (χ1) is 21.2. The van der Waals surface area contributed by atoms with E-state index in [0.29, 0.717) is 0 Å². The van der Waals surface area contributed by atoms with E-state index in [2.05, 4.69) is 37.3 Å². The predicted molar refractivity (Wildman–Crippen MR) is 193 cm³/mol. The topological polar surface area (TPSA) is 32.6 Å². The average Bonchev–Trinajstić information content (AvgIpc) is 3.47. The van der Waals surface area contributed by atoms with Crippen LogP contribution in [-0.4, -0.2) is 48.2 Å². The molecule has 2 unspecified atom stereocenters. The molecule has 0 amide bonds. The third-order valence-electron chi connectivity index (χ3n) is 9.83. The number of aliphatic hydroxyl groups excluding tert-OH is 1. The molecule has 1 heterocycles. The molecule has 0 aromatic carbocycles. The molecule has 0 aliphatic carbocycles. The molecule has 1 rings (SSSR count). The van der Waals surface area contributed by atoms with Gasteiger partial charge in [-0.15, -0.1) is 0 Å². The fraction of sp³-hybridized carbons (Fsp3) is 0.925. The lowest BCUT2D eigenvalue weighted by atomic mass is 10.0. The van der Waals surface area contributed by atoms with Crippen LogP contribution >= 0.6 is 0 Å². The Labute approximate surface area is 271 Å². The predicted octanol–water partition coefficient (Wildman–Crippen LogP) is 12.5. The molecular weight excluding hydrogens is 524 g/mol. The Hall–Kier alpha value is -0.670. The molecule has 0 bridgehead atoms. The van der Waals surface area contributed by atoms with Crippen molar-refractivity contribution < 1.29 is 9.59 Å². The smallest absolute Gasteiger partial charge is 0.185 e. The van der Waals surface area contributed by atoms with Crippen molar-refractivity contribution in [2.24, 2.45) is 4.99 Å². The molecule has 0 saturated heterocycles. The van der Waals surface area contributed by atoms with Gasteiger partial charge in [0, 0.05) is 0 Å². The van der Waals surface area contributed by atoms with Crippen LogP contribution in [0.1, 0.15) is 206 Å². The summed E-state index contributed by atoms with van der Waals surface area (Å²) in [7, 11) is 0. The van der Waals surface area contributed by atoms with Gasteiger partial charge in [-0.1, -0.05) is 187 Å². The average molecular weight is 604 g/mol. The second-order valence-electron chi connectivity index (χ2n) is 14.2. The van der Waals surface area contributed by atoms with Crippen LogP contribution in [-0.2, 0) is 0 Å². The summed E-state index contributed by atoms with van der Waals surface area (Å²) in [6, 6.07) is 0. The molecular formula is C40H79N2O+. The molecule has 0 spiro atoms. The van der Waals surface area contributed by atoms with E-state index in [1.54, 1.807) is 0 Å². The third kappa shape index (κ3) is 26.3. The first kappa shape index (κ1) is 40.4. The number of hydrogen-bond donors (Lipinski definition) is 1. The normalized spacial score (nSPS) is 17.5. The van der Waals surface area contributed by atoms with Gasteiger partial charge in [0.05, 0.1) is 13.1 Å². The minimum atomic E-state index is -0.246. The lowest BCUT2D eigenvalue weighted by molar-refractivity contribution is -0.832.